The third kappa shape index (κ3) is 3.65. The molecule has 1 aromatic carbocycles. The van der Waals surface area contributed by atoms with Crippen LogP contribution in [-0.4, -0.2) is 17.4 Å². The summed E-state index contributed by atoms with van der Waals surface area (Å²) in [6.07, 6.45) is 1.77. The molecule has 1 heterocycles. The maximum absolute atomic E-state index is 12.0. The number of nitrogens with zero attached hydrogens (tertiary/aromatic N) is 1. The first-order valence-corrected chi connectivity index (χ1v) is 7.37. The van der Waals surface area contributed by atoms with E-state index in [0.29, 0.717) is 0 Å². The molecule has 0 aliphatic rings. The van der Waals surface area contributed by atoms with Gasteiger partial charge in [0.05, 0.1) is 12.1 Å². The van der Waals surface area contributed by atoms with E-state index in [2.05, 4.69) is 15.6 Å². The Kier molecular flexibility index (Phi) is 4.52. The monoisotopic (exact) mass is 289 g/mol. The van der Waals surface area contributed by atoms with Crippen molar-refractivity contribution in [2.45, 2.75) is 26.3 Å². The number of rotatable bonds is 5. The molecule has 0 aliphatic heterocycles. The number of amides is 1. The van der Waals surface area contributed by atoms with Gasteiger partial charge in [-0.15, -0.1) is 11.3 Å². The first-order chi connectivity index (χ1) is 9.49. The summed E-state index contributed by atoms with van der Waals surface area (Å²) >= 11 is 1.58. The number of aryl methyl sites for hydroxylation is 1. The quantitative estimate of drug-likeness (QED) is 0.890. The summed E-state index contributed by atoms with van der Waals surface area (Å²) in [4.78, 5) is 16.3. The zero-order valence-corrected chi connectivity index (χ0v) is 12.8. The van der Waals surface area contributed by atoms with Crippen molar-refractivity contribution in [3.05, 3.63) is 46.4 Å². The minimum atomic E-state index is -0.308. The lowest BCUT2D eigenvalue weighted by molar-refractivity contribution is -0.115. The molecule has 0 atom stereocenters. The third-order valence-corrected chi connectivity index (χ3v) is 4.17. The minimum Gasteiger partial charge on any atom is -0.325 e. The zero-order valence-electron chi connectivity index (χ0n) is 11.9. The molecular weight excluding hydrogens is 270 g/mol. The van der Waals surface area contributed by atoms with Crippen molar-refractivity contribution in [2.75, 3.05) is 11.9 Å². The Bertz CT molecular complexity index is 579. The van der Waals surface area contributed by atoms with Gasteiger partial charge in [-0.05, 0) is 32.4 Å². The summed E-state index contributed by atoms with van der Waals surface area (Å²) in [6.45, 7) is 6.27. The smallest absolute Gasteiger partial charge is 0.238 e. The van der Waals surface area contributed by atoms with Gasteiger partial charge in [-0.25, -0.2) is 4.98 Å². The highest BCUT2D eigenvalue weighted by Crippen LogP contribution is 2.21. The summed E-state index contributed by atoms with van der Waals surface area (Å²) in [6, 6.07) is 7.74. The summed E-state index contributed by atoms with van der Waals surface area (Å²) < 4.78 is 0. The molecule has 1 amide bonds. The number of carbonyl (C=O) groups excluding carboxylic acids is 1. The molecule has 2 rings (SSSR count). The van der Waals surface area contributed by atoms with E-state index in [1.165, 1.54) is 0 Å². The number of hydrogen-bond donors (Lipinski definition) is 2. The number of aromatic nitrogens is 1. The number of thiazole rings is 1. The van der Waals surface area contributed by atoms with Gasteiger partial charge in [-0.3, -0.25) is 10.1 Å². The van der Waals surface area contributed by atoms with Gasteiger partial charge in [0.25, 0.3) is 0 Å². The van der Waals surface area contributed by atoms with E-state index in [9.17, 15) is 4.79 Å². The number of anilines is 1. The second-order valence-electron chi connectivity index (χ2n) is 5.18. The molecule has 0 fully saturated rings. The lowest BCUT2D eigenvalue weighted by atomic mass is 10.1. The number of hydrogen-bond acceptors (Lipinski definition) is 4. The van der Waals surface area contributed by atoms with Crippen LogP contribution in [0, 0.1) is 6.92 Å². The van der Waals surface area contributed by atoms with Crippen LogP contribution < -0.4 is 10.6 Å². The van der Waals surface area contributed by atoms with Crippen LogP contribution >= 0.6 is 11.3 Å². The molecule has 0 spiro atoms. The zero-order chi connectivity index (χ0) is 14.6. The van der Waals surface area contributed by atoms with Crippen LogP contribution in [0.15, 0.2) is 35.8 Å². The first-order valence-electron chi connectivity index (χ1n) is 6.49. The van der Waals surface area contributed by atoms with Crippen LogP contribution in [0.3, 0.4) is 0 Å². The fourth-order valence-corrected chi connectivity index (χ4v) is 2.56. The van der Waals surface area contributed by atoms with Crippen molar-refractivity contribution in [1.29, 1.82) is 0 Å². The second-order valence-corrected chi connectivity index (χ2v) is 6.07. The van der Waals surface area contributed by atoms with Crippen LogP contribution in [0.25, 0.3) is 0 Å². The molecule has 5 heteroatoms. The Morgan fingerprint density at radius 2 is 2.10 bits per heavy atom. The molecule has 0 unspecified atom stereocenters. The van der Waals surface area contributed by atoms with E-state index in [4.69, 9.17) is 0 Å². The topological polar surface area (TPSA) is 54.0 Å². The van der Waals surface area contributed by atoms with Crippen LogP contribution in [0.5, 0.6) is 0 Å². The summed E-state index contributed by atoms with van der Waals surface area (Å²) in [5, 5.41) is 9.06. The van der Waals surface area contributed by atoms with E-state index >= 15 is 0 Å². The molecular formula is C15H19N3OS. The Balaban J connectivity index is 1.91. The number of carbonyl (C=O) groups is 1. The fraction of sp³-hybridized carbons (Fsp3) is 0.333. The van der Waals surface area contributed by atoms with Crippen molar-refractivity contribution >= 4 is 22.9 Å². The van der Waals surface area contributed by atoms with Crippen LogP contribution in [0.4, 0.5) is 5.69 Å². The number of benzene rings is 1. The molecule has 1 aromatic heterocycles. The average Bonchev–Trinajstić information content (AvgIpc) is 2.94. The van der Waals surface area contributed by atoms with Gasteiger partial charge in [-0.2, -0.15) is 0 Å². The predicted octanol–water partition coefficient (Wildman–Crippen LogP) is 2.91. The molecule has 20 heavy (non-hydrogen) atoms. The molecule has 2 N–H and O–H groups in total. The Morgan fingerprint density at radius 3 is 2.75 bits per heavy atom. The van der Waals surface area contributed by atoms with E-state index < -0.39 is 0 Å². The summed E-state index contributed by atoms with van der Waals surface area (Å²) in [5.41, 5.74) is 1.60. The van der Waals surface area contributed by atoms with Gasteiger partial charge in [0.15, 0.2) is 0 Å². The normalized spacial score (nSPS) is 11.3. The Hall–Kier alpha value is -1.72. The van der Waals surface area contributed by atoms with E-state index in [1.807, 2.05) is 50.4 Å². The van der Waals surface area contributed by atoms with Crippen molar-refractivity contribution in [1.82, 2.24) is 10.3 Å². The Morgan fingerprint density at radius 1 is 1.35 bits per heavy atom. The molecule has 0 saturated carbocycles. The predicted molar refractivity (Wildman–Crippen MR) is 83.0 cm³/mol. The Labute approximate surface area is 123 Å². The van der Waals surface area contributed by atoms with Gasteiger partial charge >= 0.3 is 0 Å². The molecule has 106 valence electrons. The lowest BCUT2D eigenvalue weighted by Crippen LogP contribution is -2.41. The highest BCUT2D eigenvalue weighted by molar-refractivity contribution is 7.09. The van der Waals surface area contributed by atoms with Crippen molar-refractivity contribution < 1.29 is 4.79 Å². The highest BCUT2D eigenvalue weighted by Gasteiger charge is 2.23. The summed E-state index contributed by atoms with van der Waals surface area (Å²) in [5.74, 6) is -0.0519. The van der Waals surface area contributed by atoms with Crippen molar-refractivity contribution in [3.8, 4) is 0 Å². The standard InChI is InChI=1S/C15H19N3OS/c1-11-6-4-5-7-12(11)18-13(19)10-17-15(2,3)14-16-8-9-20-14/h4-9,17H,10H2,1-3H3,(H,18,19). The average molecular weight is 289 g/mol. The van der Waals surface area contributed by atoms with Crippen molar-refractivity contribution in [2.24, 2.45) is 0 Å². The number of nitrogens with one attached hydrogen (secondary N) is 2. The van der Waals surface area contributed by atoms with Gasteiger partial charge in [0.1, 0.15) is 5.01 Å². The van der Waals surface area contributed by atoms with Crippen LogP contribution in [0.2, 0.25) is 0 Å². The highest BCUT2D eigenvalue weighted by atomic mass is 32.1. The van der Waals surface area contributed by atoms with Crippen LogP contribution in [-0.2, 0) is 10.3 Å². The van der Waals surface area contributed by atoms with E-state index in [1.54, 1.807) is 17.5 Å². The molecule has 0 aliphatic carbocycles. The third-order valence-electron chi connectivity index (χ3n) is 3.08. The van der Waals surface area contributed by atoms with Gasteiger partial charge in [0, 0.05) is 17.3 Å². The molecule has 0 bridgehead atoms. The van der Waals surface area contributed by atoms with Crippen molar-refractivity contribution in [3.63, 3.8) is 0 Å². The van der Waals surface area contributed by atoms with Crippen LogP contribution in [0.1, 0.15) is 24.4 Å². The molecule has 4 nitrogen and oxygen atoms in total. The van der Waals surface area contributed by atoms with Gasteiger partial charge in [-0.1, -0.05) is 18.2 Å². The van der Waals surface area contributed by atoms with E-state index in [0.717, 1.165) is 16.3 Å². The summed E-state index contributed by atoms with van der Waals surface area (Å²) in [7, 11) is 0. The second kappa shape index (κ2) is 6.15. The molecule has 0 radical (unpaired) electrons. The van der Waals surface area contributed by atoms with Gasteiger partial charge < -0.3 is 5.32 Å². The minimum absolute atomic E-state index is 0.0519. The number of para-hydroxylation sites is 1. The first kappa shape index (κ1) is 14.7. The van der Waals surface area contributed by atoms with E-state index in [-0.39, 0.29) is 18.0 Å². The SMILES string of the molecule is Cc1ccccc1NC(=O)CNC(C)(C)c1nccs1. The fourth-order valence-electron chi connectivity index (χ4n) is 1.82. The largest absolute Gasteiger partial charge is 0.325 e. The molecule has 0 saturated heterocycles. The maximum atomic E-state index is 12.0. The maximum Gasteiger partial charge on any atom is 0.238 e. The van der Waals surface area contributed by atoms with Gasteiger partial charge in [0.2, 0.25) is 5.91 Å². The lowest BCUT2D eigenvalue weighted by Gasteiger charge is -2.23. The molecule has 2 aromatic rings.